The Morgan fingerprint density at radius 2 is 1.95 bits per heavy atom. The predicted octanol–water partition coefficient (Wildman–Crippen LogP) is 3.78. The molecule has 0 fully saturated rings. The Morgan fingerprint density at radius 1 is 1.11 bits per heavy atom. The van der Waals surface area contributed by atoms with Gasteiger partial charge in [0.1, 0.15) is 12.4 Å². The lowest BCUT2D eigenvalue weighted by Crippen LogP contribution is -2.22. The van der Waals surface area contributed by atoms with Crippen LogP contribution in [0.1, 0.15) is 19.8 Å². The van der Waals surface area contributed by atoms with Crippen molar-refractivity contribution in [2.75, 3.05) is 32.9 Å². The van der Waals surface area contributed by atoms with Crippen LogP contribution in [0.2, 0.25) is 10.0 Å². The Labute approximate surface area is 125 Å². The third kappa shape index (κ3) is 7.63. The van der Waals surface area contributed by atoms with Crippen molar-refractivity contribution in [2.24, 2.45) is 0 Å². The molecule has 1 aromatic rings. The molecule has 108 valence electrons. The Kier molecular flexibility index (Phi) is 9.01. The summed E-state index contributed by atoms with van der Waals surface area (Å²) < 4.78 is 10.8. The molecule has 0 heterocycles. The fourth-order valence-corrected chi connectivity index (χ4v) is 2.01. The smallest absolute Gasteiger partial charge is 0.138 e. The van der Waals surface area contributed by atoms with Gasteiger partial charge in [0.05, 0.1) is 5.02 Å². The first-order valence-electron chi connectivity index (χ1n) is 6.60. The molecule has 0 unspecified atom stereocenters. The SMILES string of the molecule is CCOCCCCNCCOc1ccc(Cl)cc1Cl. The maximum Gasteiger partial charge on any atom is 0.138 e. The van der Waals surface area contributed by atoms with Gasteiger partial charge in [-0.3, -0.25) is 0 Å². The zero-order valence-corrected chi connectivity index (χ0v) is 12.8. The largest absolute Gasteiger partial charge is 0.491 e. The summed E-state index contributed by atoms with van der Waals surface area (Å²) in [6.07, 6.45) is 2.20. The van der Waals surface area contributed by atoms with Gasteiger partial charge in [0.2, 0.25) is 0 Å². The van der Waals surface area contributed by atoms with Gasteiger partial charge in [-0.2, -0.15) is 0 Å². The highest BCUT2D eigenvalue weighted by molar-refractivity contribution is 6.35. The molecule has 0 radical (unpaired) electrons. The molecule has 1 rings (SSSR count). The molecule has 0 atom stereocenters. The van der Waals surface area contributed by atoms with Gasteiger partial charge < -0.3 is 14.8 Å². The standard InChI is InChI=1S/C14H21Cl2NO2/c1-2-18-9-4-3-7-17-8-10-19-14-6-5-12(15)11-13(14)16/h5-6,11,17H,2-4,7-10H2,1H3. The summed E-state index contributed by atoms with van der Waals surface area (Å²) in [6.45, 7) is 6.01. The van der Waals surface area contributed by atoms with Crippen molar-refractivity contribution in [3.05, 3.63) is 28.2 Å². The Morgan fingerprint density at radius 3 is 2.68 bits per heavy atom. The molecule has 0 bridgehead atoms. The van der Waals surface area contributed by atoms with Gasteiger partial charge >= 0.3 is 0 Å². The second-order valence-corrected chi connectivity index (χ2v) is 4.92. The van der Waals surface area contributed by atoms with Gasteiger partial charge in [-0.1, -0.05) is 23.2 Å². The number of ether oxygens (including phenoxy) is 2. The minimum atomic E-state index is 0.546. The monoisotopic (exact) mass is 305 g/mol. The van der Waals surface area contributed by atoms with E-state index in [0.29, 0.717) is 22.4 Å². The number of rotatable bonds is 10. The molecule has 1 aromatic carbocycles. The molecule has 0 aliphatic rings. The maximum absolute atomic E-state index is 6.00. The van der Waals surface area contributed by atoms with Crippen molar-refractivity contribution >= 4 is 23.2 Å². The Balaban J connectivity index is 2.01. The lowest BCUT2D eigenvalue weighted by atomic mass is 10.3. The van der Waals surface area contributed by atoms with Crippen LogP contribution in [0, 0.1) is 0 Å². The van der Waals surface area contributed by atoms with Crippen molar-refractivity contribution in [2.45, 2.75) is 19.8 Å². The first-order chi connectivity index (χ1) is 9.24. The molecule has 0 aliphatic carbocycles. The molecular formula is C14H21Cl2NO2. The lowest BCUT2D eigenvalue weighted by molar-refractivity contribution is 0.143. The van der Waals surface area contributed by atoms with Crippen molar-refractivity contribution in [1.82, 2.24) is 5.32 Å². The summed E-state index contributed by atoms with van der Waals surface area (Å²) in [5.41, 5.74) is 0. The van der Waals surface area contributed by atoms with Gasteiger partial charge in [0.15, 0.2) is 0 Å². The lowest BCUT2D eigenvalue weighted by Gasteiger charge is -2.09. The van der Waals surface area contributed by atoms with Crippen LogP contribution in [-0.2, 0) is 4.74 Å². The van der Waals surface area contributed by atoms with Crippen molar-refractivity contribution in [3.8, 4) is 5.75 Å². The normalized spacial score (nSPS) is 10.7. The van der Waals surface area contributed by atoms with Gasteiger partial charge in [-0.05, 0) is 44.5 Å². The van der Waals surface area contributed by atoms with E-state index in [-0.39, 0.29) is 0 Å². The van der Waals surface area contributed by atoms with Crippen molar-refractivity contribution < 1.29 is 9.47 Å². The average molecular weight is 306 g/mol. The van der Waals surface area contributed by atoms with E-state index in [1.54, 1.807) is 18.2 Å². The number of nitrogens with one attached hydrogen (secondary N) is 1. The molecule has 5 heteroatoms. The third-order valence-electron chi connectivity index (χ3n) is 2.53. The van der Waals surface area contributed by atoms with Crippen LogP contribution in [0.4, 0.5) is 0 Å². The van der Waals surface area contributed by atoms with Crippen LogP contribution < -0.4 is 10.1 Å². The fourth-order valence-electron chi connectivity index (χ4n) is 1.55. The van der Waals surface area contributed by atoms with Crippen LogP contribution in [-0.4, -0.2) is 32.9 Å². The summed E-state index contributed by atoms with van der Waals surface area (Å²) in [6, 6.07) is 5.23. The number of benzene rings is 1. The van der Waals surface area contributed by atoms with E-state index >= 15 is 0 Å². The van der Waals surface area contributed by atoms with E-state index in [1.165, 1.54) is 0 Å². The van der Waals surface area contributed by atoms with Gasteiger partial charge in [-0.15, -0.1) is 0 Å². The number of halogens is 2. The van der Waals surface area contributed by atoms with Crippen molar-refractivity contribution in [3.63, 3.8) is 0 Å². The number of unbranched alkanes of at least 4 members (excludes halogenated alkanes) is 1. The van der Waals surface area contributed by atoms with Crippen LogP contribution in [0.15, 0.2) is 18.2 Å². The van der Waals surface area contributed by atoms with E-state index in [0.717, 1.165) is 39.1 Å². The summed E-state index contributed by atoms with van der Waals surface area (Å²) in [5.74, 6) is 0.671. The van der Waals surface area contributed by atoms with Crippen LogP contribution >= 0.6 is 23.2 Å². The molecular weight excluding hydrogens is 285 g/mol. The Hall–Kier alpha value is -0.480. The molecule has 0 saturated carbocycles. The zero-order chi connectivity index (χ0) is 13.9. The minimum absolute atomic E-state index is 0.546. The first kappa shape index (κ1) is 16.6. The van der Waals surface area contributed by atoms with E-state index < -0.39 is 0 Å². The molecule has 0 aliphatic heterocycles. The fraction of sp³-hybridized carbons (Fsp3) is 0.571. The van der Waals surface area contributed by atoms with E-state index in [1.807, 2.05) is 6.92 Å². The first-order valence-corrected chi connectivity index (χ1v) is 7.36. The average Bonchev–Trinajstić information content (AvgIpc) is 2.39. The summed E-state index contributed by atoms with van der Waals surface area (Å²) in [5, 5.41) is 4.47. The van der Waals surface area contributed by atoms with E-state index in [2.05, 4.69) is 5.32 Å². The topological polar surface area (TPSA) is 30.5 Å². The Bertz CT molecular complexity index is 361. The van der Waals surface area contributed by atoms with Gasteiger partial charge in [0, 0.05) is 24.8 Å². The highest BCUT2D eigenvalue weighted by Crippen LogP contribution is 2.27. The predicted molar refractivity (Wildman–Crippen MR) is 80.6 cm³/mol. The van der Waals surface area contributed by atoms with Crippen LogP contribution in [0.25, 0.3) is 0 Å². The molecule has 3 nitrogen and oxygen atoms in total. The molecule has 19 heavy (non-hydrogen) atoms. The van der Waals surface area contributed by atoms with E-state index in [4.69, 9.17) is 32.7 Å². The summed E-state index contributed by atoms with van der Waals surface area (Å²) in [4.78, 5) is 0. The number of hydrogen-bond acceptors (Lipinski definition) is 3. The molecule has 1 N–H and O–H groups in total. The van der Waals surface area contributed by atoms with Gasteiger partial charge in [0.25, 0.3) is 0 Å². The highest BCUT2D eigenvalue weighted by Gasteiger charge is 2.01. The minimum Gasteiger partial charge on any atom is -0.491 e. The molecule has 0 aromatic heterocycles. The van der Waals surface area contributed by atoms with Crippen molar-refractivity contribution in [1.29, 1.82) is 0 Å². The third-order valence-corrected chi connectivity index (χ3v) is 3.06. The second-order valence-electron chi connectivity index (χ2n) is 4.08. The number of hydrogen-bond donors (Lipinski definition) is 1. The summed E-state index contributed by atoms with van der Waals surface area (Å²) >= 11 is 11.8. The molecule has 0 amide bonds. The maximum atomic E-state index is 6.00. The molecule has 0 saturated heterocycles. The van der Waals surface area contributed by atoms with E-state index in [9.17, 15) is 0 Å². The zero-order valence-electron chi connectivity index (χ0n) is 11.3. The second kappa shape index (κ2) is 10.3. The van der Waals surface area contributed by atoms with Crippen LogP contribution in [0.5, 0.6) is 5.75 Å². The summed E-state index contributed by atoms with van der Waals surface area (Å²) in [7, 11) is 0. The van der Waals surface area contributed by atoms with Gasteiger partial charge in [-0.25, -0.2) is 0 Å². The highest BCUT2D eigenvalue weighted by atomic mass is 35.5. The molecule has 0 spiro atoms. The quantitative estimate of drug-likeness (QED) is 0.667. The van der Waals surface area contributed by atoms with Crippen LogP contribution in [0.3, 0.4) is 0 Å².